The average molecular weight is 352 g/mol. The first-order valence-corrected chi connectivity index (χ1v) is 8.40. The highest BCUT2D eigenvalue weighted by Crippen LogP contribution is 2.22. The molecular formula is C20H17FN2O3. The lowest BCUT2D eigenvalue weighted by Gasteiger charge is -2.28. The van der Waals surface area contributed by atoms with Crippen molar-refractivity contribution < 1.29 is 18.7 Å². The second kappa shape index (κ2) is 7.09. The fraction of sp³-hybridized carbons (Fsp3) is 0.200. The van der Waals surface area contributed by atoms with Crippen molar-refractivity contribution in [3.8, 4) is 0 Å². The number of aliphatic imine (C=N–C) groups is 1. The van der Waals surface area contributed by atoms with Crippen molar-refractivity contribution in [2.24, 2.45) is 4.99 Å². The molecule has 2 aliphatic rings. The maximum absolute atomic E-state index is 13.3. The number of nitrogens with zero attached hydrogens (tertiary/aromatic N) is 2. The number of hydrogen-bond acceptors (Lipinski definition) is 5. The number of carbonyl (C=O) groups excluding carboxylic acids is 1. The van der Waals surface area contributed by atoms with Gasteiger partial charge in [-0.05, 0) is 42.0 Å². The molecule has 0 unspecified atom stereocenters. The van der Waals surface area contributed by atoms with Gasteiger partial charge in [-0.3, -0.25) is 0 Å². The first kappa shape index (κ1) is 16.5. The van der Waals surface area contributed by atoms with Gasteiger partial charge in [-0.25, -0.2) is 14.2 Å². The van der Waals surface area contributed by atoms with Crippen molar-refractivity contribution in [2.45, 2.75) is 0 Å². The molecule has 2 aromatic rings. The normalized spacial score (nSPS) is 18.8. The van der Waals surface area contributed by atoms with Gasteiger partial charge in [-0.15, -0.1) is 0 Å². The molecule has 0 aliphatic carbocycles. The Kier molecular flexibility index (Phi) is 4.50. The molecule has 4 rings (SSSR count). The summed E-state index contributed by atoms with van der Waals surface area (Å²) >= 11 is 0. The van der Waals surface area contributed by atoms with Crippen LogP contribution in [0.1, 0.15) is 11.1 Å². The molecule has 1 fully saturated rings. The number of cyclic esters (lactones) is 1. The highest BCUT2D eigenvalue weighted by atomic mass is 19.1. The Balaban J connectivity index is 1.54. The van der Waals surface area contributed by atoms with Crippen LogP contribution in [0.3, 0.4) is 0 Å². The molecule has 132 valence electrons. The van der Waals surface area contributed by atoms with Crippen LogP contribution < -0.4 is 4.90 Å². The van der Waals surface area contributed by atoms with Gasteiger partial charge in [0.25, 0.3) is 0 Å². The van der Waals surface area contributed by atoms with E-state index in [9.17, 15) is 9.18 Å². The second-order valence-corrected chi connectivity index (χ2v) is 6.04. The monoisotopic (exact) mass is 352 g/mol. The van der Waals surface area contributed by atoms with Crippen molar-refractivity contribution in [1.82, 2.24) is 0 Å². The first-order valence-electron chi connectivity index (χ1n) is 8.40. The van der Waals surface area contributed by atoms with Crippen molar-refractivity contribution in [3.63, 3.8) is 0 Å². The standard InChI is InChI=1S/C20H17FN2O3/c21-16-3-1-2-15(13-16)19-22-18(20(24)26-19)12-14-4-6-17(7-5-14)23-8-10-25-11-9-23/h1-7,12-13H,8-11H2/b18-12-. The molecule has 2 heterocycles. The number of morpholine rings is 1. The number of halogens is 1. The van der Waals surface area contributed by atoms with Gasteiger partial charge < -0.3 is 14.4 Å². The van der Waals surface area contributed by atoms with E-state index in [1.54, 1.807) is 18.2 Å². The number of anilines is 1. The van der Waals surface area contributed by atoms with E-state index in [-0.39, 0.29) is 11.6 Å². The first-order chi connectivity index (χ1) is 12.7. The van der Waals surface area contributed by atoms with Gasteiger partial charge in [0.15, 0.2) is 5.70 Å². The third-order valence-corrected chi connectivity index (χ3v) is 4.26. The van der Waals surface area contributed by atoms with Crippen LogP contribution in [0, 0.1) is 5.82 Å². The van der Waals surface area contributed by atoms with E-state index in [1.165, 1.54) is 12.1 Å². The SMILES string of the molecule is O=C1OC(c2cccc(F)c2)=N/C1=C\c1ccc(N2CCOCC2)cc1. The highest BCUT2D eigenvalue weighted by molar-refractivity contribution is 6.12. The Hall–Kier alpha value is -2.99. The molecule has 0 N–H and O–H groups in total. The summed E-state index contributed by atoms with van der Waals surface area (Å²) < 4.78 is 23.8. The summed E-state index contributed by atoms with van der Waals surface area (Å²) in [6.45, 7) is 3.20. The van der Waals surface area contributed by atoms with Crippen LogP contribution in [0.25, 0.3) is 6.08 Å². The predicted molar refractivity (Wildman–Crippen MR) is 96.5 cm³/mol. The van der Waals surface area contributed by atoms with Gasteiger partial charge >= 0.3 is 5.97 Å². The van der Waals surface area contributed by atoms with Crippen molar-refractivity contribution >= 4 is 23.6 Å². The number of esters is 1. The van der Waals surface area contributed by atoms with E-state index < -0.39 is 11.8 Å². The fourth-order valence-electron chi connectivity index (χ4n) is 2.91. The lowest BCUT2D eigenvalue weighted by Crippen LogP contribution is -2.36. The van der Waals surface area contributed by atoms with E-state index in [1.807, 2.05) is 24.3 Å². The molecule has 1 saturated heterocycles. The molecule has 2 aliphatic heterocycles. The second-order valence-electron chi connectivity index (χ2n) is 6.04. The summed E-state index contributed by atoms with van der Waals surface area (Å²) in [6.07, 6.45) is 1.66. The molecule has 0 saturated carbocycles. The number of benzene rings is 2. The molecule has 26 heavy (non-hydrogen) atoms. The van der Waals surface area contributed by atoms with Crippen LogP contribution in [-0.4, -0.2) is 38.2 Å². The minimum absolute atomic E-state index is 0.116. The average Bonchev–Trinajstić information content (AvgIpc) is 3.04. The summed E-state index contributed by atoms with van der Waals surface area (Å²) in [6, 6.07) is 13.7. The molecule has 0 atom stereocenters. The molecule has 0 aromatic heterocycles. The lowest BCUT2D eigenvalue weighted by molar-refractivity contribution is -0.129. The number of carbonyl (C=O) groups is 1. The summed E-state index contributed by atoms with van der Waals surface area (Å²) in [4.78, 5) is 18.5. The van der Waals surface area contributed by atoms with Crippen molar-refractivity contribution in [1.29, 1.82) is 0 Å². The van der Waals surface area contributed by atoms with Crippen molar-refractivity contribution in [2.75, 3.05) is 31.2 Å². The van der Waals surface area contributed by atoms with E-state index in [0.29, 0.717) is 5.56 Å². The van der Waals surface area contributed by atoms with Gasteiger partial charge in [0.2, 0.25) is 5.90 Å². The van der Waals surface area contributed by atoms with E-state index >= 15 is 0 Å². The molecular weight excluding hydrogens is 335 g/mol. The largest absolute Gasteiger partial charge is 0.402 e. The van der Waals surface area contributed by atoms with Crippen molar-refractivity contribution in [3.05, 3.63) is 71.2 Å². The third-order valence-electron chi connectivity index (χ3n) is 4.26. The number of ether oxygens (including phenoxy) is 2. The highest BCUT2D eigenvalue weighted by Gasteiger charge is 2.24. The topological polar surface area (TPSA) is 51.1 Å². The Morgan fingerprint density at radius 1 is 1.08 bits per heavy atom. The third kappa shape index (κ3) is 3.50. The van der Waals surface area contributed by atoms with Crippen LogP contribution in [0.4, 0.5) is 10.1 Å². The van der Waals surface area contributed by atoms with Gasteiger partial charge in [-0.1, -0.05) is 18.2 Å². The molecule has 5 nitrogen and oxygen atoms in total. The zero-order valence-corrected chi connectivity index (χ0v) is 14.0. The Labute approximate surface area is 150 Å². The minimum atomic E-state index is -0.540. The maximum atomic E-state index is 13.3. The Morgan fingerprint density at radius 2 is 1.85 bits per heavy atom. The summed E-state index contributed by atoms with van der Waals surface area (Å²) in [7, 11) is 0. The van der Waals surface area contributed by atoms with Gasteiger partial charge in [0, 0.05) is 24.3 Å². The smallest absolute Gasteiger partial charge is 0.363 e. The number of hydrogen-bond donors (Lipinski definition) is 0. The molecule has 0 amide bonds. The maximum Gasteiger partial charge on any atom is 0.363 e. The van der Waals surface area contributed by atoms with Crippen LogP contribution in [0.2, 0.25) is 0 Å². The molecule has 0 radical (unpaired) electrons. The lowest BCUT2D eigenvalue weighted by atomic mass is 10.1. The molecule has 0 bridgehead atoms. The summed E-state index contributed by atoms with van der Waals surface area (Å²) in [5, 5.41) is 0. The summed E-state index contributed by atoms with van der Waals surface area (Å²) in [5.74, 6) is -0.829. The Morgan fingerprint density at radius 3 is 2.58 bits per heavy atom. The van der Waals surface area contributed by atoms with E-state index in [4.69, 9.17) is 9.47 Å². The fourth-order valence-corrected chi connectivity index (χ4v) is 2.91. The number of rotatable bonds is 3. The van der Waals surface area contributed by atoms with Crippen LogP contribution in [0.5, 0.6) is 0 Å². The molecule has 2 aromatic carbocycles. The predicted octanol–water partition coefficient (Wildman–Crippen LogP) is 3.01. The van der Waals surface area contributed by atoms with Gasteiger partial charge in [0.1, 0.15) is 5.82 Å². The van der Waals surface area contributed by atoms with Gasteiger partial charge in [-0.2, -0.15) is 0 Å². The zero-order chi connectivity index (χ0) is 17.9. The van der Waals surface area contributed by atoms with Crippen LogP contribution in [-0.2, 0) is 14.3 Å². The van der Waals surface area contributed by atoms with E-state index in [2.05, 4.69) is 9.89 Å². The Bertz CT molecular complexity index is 884. The zero-order valence-electron chi connectivity index (χ0n) is 14.0. The summed E-state index contributed by atoms with van der Waals surface area (Å²) in [5.41, 5.74) is 2.60. The van der Waals surface area contributed by atoms with E-state index in [0.717, 1.165) is 37.6 Å². The van der Waals surface area contributed by atoms with Crippen LogP contribution >= 0.6 is 0 Å². The minimum Gasteiger partial charge on any atom is -0.402 e. The molecule has 0 spiro atoms. The van der Waals surface area contributed by atoms with Gasteiger partial charge in [0.05, 0.1) is 13.2 Å². The molecule has 6 heteroatoms. The quantitative estimate of drug-likeness (QED) is 0.629. The van der Waals surface area contributed by atoms with Crippen LogP contribution in [0.15, 0.2) is 59.2 Å².